The average Bonchev–Trinajstić information content (AvgIpc) is 2.97. The largest absolute Gasteiger partial charge is 0.351 e. The first kappa shape index (κ1) is 16.3. The Morgan fingerprint density at radius 3 is 2.74 bits per heavy atom. The first-order chi connectivity index (χ1) is 11.2. The summed E-state index contributed by atoms with van der Waals surface area (Å²) in [5.41, 5.74) is 2.07. The van der Waals surface area contributed by atoms with E-state index in [4.69, 9.17) is 11.6 Å². The number of carbonyl (C=O) groups excluding carboxylic acids is 1. The quantitative estimate of drug-likeness (QED) is 0.702. The number of rotatable bonds is 6. The van der Waals surface area contributed by atoms with Crippen molar-refractivity contribution in [3.8, 4) is 0 Å². The van der Waals surface area contributed by atoms with Crippen molar-refractivity contribution in [3.63, 3.8) is 0 Å². The summed E-state index contributed by atoms with van der Waals surface area (Å²) in [5, 5.41) is 4.67. The van der Waals surface area contributed by atoms with Gasteiger partial charge in [-0.2, -0.15) is 0 Å². The predicted molar refractivity (Wildman–Crippen MR) is 99.1 cm³/mol. The number of thioether (sulfide) groups is 1. The van der Waals surface area contributed by atoms with E-state index in [1.165, 1.54) is 4.70 Å². The van der Waals surface area contributed by atoms with Crippen molar-refractivity contribution in [1.82, 2.24) is 10.3 Å². The molecule has 2 aromatic carbocycles. The van der Waals surface area contributed by atoms with Crippen LogP contribution in [-0.4, -0.2) is 16.6 Å². The number of thiazole rings is 1. The summed E-state index contributed by atoms with van der Waals surface area (Å²) in [6.45, 7) is 0.525. The first-order valence-corrected chi connectivity index (χ1v) is 9.49. The molecule has 0 saturated carbocycles. The highest BCUT2D eigenvalue weighted by Gasteiger charge is 2.06. The van der Waals surface area contributed by atoms with E-state index in [0.717, 1.165) is 21.8 Å². The molecule has 1 heterocycles. The molecular formula is C17H15ClN2OS2. The minimum Gasteiger partial charge on any atom is -0.351 e. The average molecular weight is 363 g/mol. The molecule has 1 aromatic heterocycles. The van der Waals surface area contributed by atoms with Crippen molar-refractivity contribution < 1.29 is 4.79 Å². The van der Waals surface area contributed by atoms with E-state index in [2.05, 4.69) is 16.4 Å². The third-order valence-corrected chi connectivity index (χ3v) is 5.61. The molecule has 0 bridgehead atoms. The Bertz CT molecular complexity index is 769. The molecule has 6 heteroatoms. The van der Waals surface area contributed by atoms with E-state index >= 15 is 0 Å². The molecule has 118 valence electrons. The second-order valence-corrected chi connectivity index (χ2v) is 7.51. The number of aromatic nitrogens is 1. The topological polar surface area (TPSA) is 42.0 Å². The number of amides is 1. The molecule has 0 aliphatic carbocycles. The SMILES string of the molecule is O=C(CSCc1nc2ccccc2s1)NCc1ccc(Cl)cc1. The van der Waals surface area contributed by atoms with Gasteiger partial charge in [0, 0.05) is 17.3 Å². The molecule has 0 spiro atoms. The van der Waals surface area contributed by atoms with Crippen LogP contribution >= 0.6 is 34.7 Å². The van der Waals surface area contributed by atoms with Gasteiger partial charge in [-0.3, -0.25) is 4.79 Å². The van der Waals surface area contributed by atoms with Gasteiger partial charge < -0.3 is 5.32 Å². The van der Waals surface area contributed by atoms with Gasteiger partial charge in [0.1, 0.15) is 5.01 Å². The number of carbonyl (C=O) groups is 1. The lowest BCUT2D eigenvalue weighted by molar-refractivity contribution is -0.118. The van der Waals surface area contributed by atoms with Gasteiger partial charge in [0.05, 0.1) is 16.0 Å². The number of fused-ring (bicyclic) bond motifs is 1. The molecule has 0 saturated heterocycles. The summed E-state index contributed by atoms with van der Waals surface area (Å²) in [7, 11) is 0. The molecule has 23 heavy (non-hydrogen) atoms. The summed E-state index contributed by atoms with van der Waals surface area (Å²) in [5.74, 6) is 1.23. The minimum absolute atomic E-state index is 0.0334. The van der Waals surface area contributed by atoms with Crippen molar-refractivity contribution >= 4 is 50.8 Å². The highest BCUT2D eigenvalue weighted by atomic mass is 35.5. The van der Waals surface area contributed by atoms with E-state index in [0.29, 0.717) is 17.3 Å². The summed E-state index contributed by atoms with van der Waals surface area (Å²) >= 11 is 9.10. The molecule has 0 atom stereocenters. The molecule has 0 unspecified atom stereocenters. The molecule has 0 radical (unpaired) electrons. The maximum Gasteiger partial charge on any atom is 0.230 e. The number of nitrogens with zero attached hydrogens (tertiary/aromatic N) is 1. The molecule has 3 nitrogen and oxygen atoms in total. The highest BCUT2D eigenvalue weighted by molar-refractivity contribution is 7.99. The van der Waals surface area contributed by atoms with Crippen LogP contribution in [0.4, 0.5) is 0 Å². The van der Waals surface area contributed by atoms with E-state index in [-0.39, 0.29) is 5.91 Å². The van der Waals surface area contributed by atoms with Crippen molar-refractivity contribution in [2.75, 3.05) is 5.75 Å². The Balaban J connectivity index is 1.43. The van der Waals surface area contributed by atoms with E-state index in [1.54, 1.807) is 23.1 Å². The fourth-order valence-corrected chi connectivity index (χ4v) is 4.07. The van der Waals surface area contributed by atoms with Crippen LogP contribution in [0.5, 0.6) is 0 Å². The number of benzene rings is 2. The van der Waals surface area contributed by atoms with Crippen molar-refractivity contribution in [3.05, 3.63) is 64.1 Å². The van der Waals surface area contributed by atoms with E-state index in [1.807, 2.05) is 42.5 Å². The summed E-state index contributed by atoms with van der Waals surface area (Å²) in [4.78, 5) is 16.4. The third-order valence-electron chi connectivity index (χ3n) is 3.20. The summed E-state index contributed by atoms with van der Waals surface area (Å²) in [6, 6.07) is 15.6. The lowest BCUT2D eigenvalue weighted by atomic mass is 10.2. The van der Waals surface area contributed by atoms with Crippen LogP contribution in [0.3, 0.4) is 0 Å². The summed E-state index contributed by atoms with van der Waals surface area (Å²) in [6.07, 6.45) is 0. The van der Waals surface area contributed by atoms with Gasteiger partial charge in [-0.25, -0.2) is 4.98 Å². The van der Waals surface area contributed by atoms with Crippen molar-refractivity contribution in [2.24, 2.45) is 0 Å². The summed E-state index contributed by atoms with van der Waals surface area (Å²) < 4.78 is 1.19. The fourth-order valence-electron chi connectivity index (χ4n) is 2.07. The predicted octanol–water partition coefficient (Wildman–Crippen LogP) is 4.50. The van der Waals surface area contributed by atoms with Crippen molar-refractivity contribution in [1.29, 1.82) is 0 Å². The van der Waals surface area contributed by atoms with Crippen LogP contribution < -0.4 is 5.32 Å². The smallest absolute Gasteiger partial charge is 0.230 e. The molecule has 3 rings (SSSR count). The highest BCUT2D eigenvalue weighted by Crippen LogP contribution is 2.24. The zero-order valence-corrected chi connectivity index (χ0v) is 14.7. The van der Waals surface area contributed by atoms with Crippen LogP contribution in [0.1, 0.15) is 10.6 Å². The van der Waals surface area contributed by atoms with E-state index in [9.17, 15) is 4.79 Å². The molecule has 1 amide bonds. The second-order valence-electron chi connectivity index (χ2n) is 4.97. The van der Waals surface area contributed by atoms with Crippen LogP contribution in [-0.2, 0) is 17.1 Å². The Morgan fingerprint density at radius 2 is 1.96 bits per heavy atom. The third kappa shape index (κ3) is 4.70. The Labute approximate surface area is 148 Å². The van der Waals surface area contributed by atoms with Gasteiger partial charge >= 0.3 is 0 Å². The standard InChI is InChI=1S/C17H15ClN2OS2/c18-13-7-5-12(6-8-13)9-19-16(21)10-22-11-17-20-14-3-1-2-4-15(14)23-17/h1-8H,9-11H2,(H,19,21). The zero-order valence-electron chi connectivity index (χ0n) is 12.3. The van der Waals surface area contributed by atoms with Gasteiger partial charge in [-0.1, -0.05) is 35.9 Å². The Hall–Kier alpha value is -1.56. The van der Waals surface area contributed by atoms with Crippen LogP contribution in [0.2, 0.25) is 5.02 Å². The number of hydrogen-bond donors (Lipinski definition) is 1. The van der Waals surface area contributed by atoms with Gasteiger partial charge in [0.25, 0.3) is 0 Å². The number of halogens is 1. The first-order valence-electron chi connectivity index (χ1n) is 7.14. The number of para-hydroxylation sites is 1. The molecular weight excluding hydrogens is 348 g/mol. The maximum atomic E-state index is 11.9. The molecule has 0 aliphatic heterocycles. The second kappa shape index (κ2) is 7.81. The van der Waals surface area contributed by atoms with Crippen LogP contribution in [0.25, 0.3) is 10.2 Å². The van der Waals surface area contributed by atoms with E-state index < -0.39 is 0 Å². The van der Waals surface area contributed by atoms with Crippen LogP contribution in [0, 0.1) is 0 Å². The lowest BCUT2D eigenvalue weighted by Crippen LogP contribution is -2.24. The molecule has 3 aromatic rings. The number of hydrogen-bond acceptors (Lipinski definition) is 4. The van der Waals surface area contributed by atoms with Gasteiger partial charge in [-0.15, -0.1) is 23.1 Å². The lowest BCUT2D eigenvalue weighted by Gasteiger charge is -2.05. The monoisotopic (exact) mass is 362 g/mol. The molecule has 0 aliphatic rings. The van der Waals surface area contributed by atoms with Gasteiger partial charge in [0.15, 0.2) is 0 Å². The maximum absolute atomic E-state index is 11.9. The van der Waals surface area contributed by atoms with Crippen molar-refractivity contribution in [2.45, 2.75) is 12.3 Å². The Kier molecular flexibility index (Phi) is 5.54. The zero-order chi connectivity index (χ0) is 16.1. The Morgan fingerprint density at radius 1 is 1.17 bits per heavy atom. The molecule has 0 fully saturated rings. The van der Waals surface area contributed by atoms with Gasteiger partial charge in [0.2, 0.25) is 5.91 Å². The van der Waals surface area contributed by atoms with Crippen LogP contribution in [0.15, 0.2) is 48.5 Å². The minimum atomic E-state index is 0.0334. The normalized spacial score (nSPS) is 10.8. The number of nitrogens with one attached hydrogen (secondary N) is 1. The van der Waals surface area contributed by atoms with Gasteiger partial charge in [-0.05, 0) is 29.8 Å². The molecule has 1 N–H and O–H groups in total. The fraction of sp³-hybridized carbons (Fsp3) is 0.176.